The summed E-state index contributed by atoms with van der Waals surface area (Å²) in [5.74, 6) is -2.47. The molecule has 1 aromatic carbocycles. The molecule has 0 radical (unpaired) electrons. The van der Waals surface area contributed by atoms with Crippen LogP contribution in [0.1, 0.15) is 87.1 Å². The van der Waals surface area contributed by atoms with Crippen molar-refractivity contribution >= 4 is 24.2 Å². The van der Waals surface area contributed by atoms with Gasteiger partial charge in [-0.15, -0.1) is 0 Å². The van der Waals surface area contributed by atoms with Crippen LogP contribution >= 0.6 is 0 Å². The first-order valence-electron chi connectivity index (χ1n) is 13.2. The summed E-state index contributed by atoms with van der Waals surface area (Å²) in [6, 6.07) is 3.80. The molecular formula is C28H43NO10. The molecule has 0 aliphatic heterocycles. The van der Waals surface area contributed by atoms with Crippen LogP contribution in [0.4, 0.5) is 9.59 Å². The molecule has 0 aromatic heterocycles. The average Bonchev–Trinajstić information content (AvgIpc) is 2.84. The lowest BCUT2D eigenvalue weighted by Gasteiger charge is -2.35. The Morgan fingerprint density at radius 2 is 1.36 bits per heavy atom. The molecule has 0 saturated heterocycles. The van der Waals surface area contributed by atoms with Crippen LogP contribution in [-0.4, -0.2) is 53.3 Å². The molecule has 0 fully saturated rings. The number of carbonyl (C=O) groups is 4. The summed E-state index contributed by atoms with van der Waals surface area (Å²) in [7, 11) is 0. The van der Waals surface area contributed by atoms with Crippen LogP contribution in [0.5, 0.6) is 11.5 Å². The van der Waals surface area contributed by atoms with E-state index in [1.807, 2.05) is 20.8 Å². The molecule has 11 heteroatoms. The van der Waals surface area contributed by atoms with Crippen molar-refractivity contribution in [3.05, 3.63) is 23.8 Å². The molecular weight excluding hydrogens is 510 g/mol. The van der Waals surface area contributed by atoms with E-state index >= 15 is 0 Å². The normalized spacial score (nSPS) is 15.2. The number of ether oxygens (including phenoxy) is 5. The molecule has 3 unspecified atom stereocenters. The van der Waals surface area contributed by atoms with Gasteiger partial charge in [-0.05, 0) is 78.5 Å². The number of hydrogen-bond acceptors (Lipinski definition) is 10. The molecule has 39 heavy (non-hydrogen) atoms. The molecule has 0 aliphatic carbocycles. The lowest BCUT2D eigenvalue weighted by atomic mass is 9.95. The molecule has 4 atom stereocenters. The summed E-state index contributed by atoms with van der Waals surface area (Å²) >= 11 is 0. The zero-order valence-electron chi connectivity index (χ0n) is 24.4. The summed E-state index contributed by atoms with van der Waals surface area (Å²) in [6.07, 6.45) is -1.55. The van der Waals surface area contributed by atoms with Gasteiger partial charge in [0.25, 0.3) is 5.72 Å². The van der Waals surface area contributed by atoms with Crippen molar-refractivity contribution in [2.45, 2.75) is 112 Å². The van der Waals surface area contributed by atoms with Gasteiger partial charge < -0.3 is 28.8 Å². The maximum atomic E-state index is 12.8. The maximum Gasteiger partial charge on any atom is 0.514 e. The van der Waals surface area contributed by atoms with Gasteiger partial charge >= 0.3 is 24.2 Å². The third kappa shape index (κ3) is 10.7. The summed E-state index contributed by atoms with van der Waals surface area (Å²) in [6.45, 7) is 15.5. The SMILES string of the molecule is CCC(C)N[C@@](Cc1ccc(OC(=O)OC(C)CC)c(OC(=O)OC(C)CC)c1)(OC(=O)C(C)(C)C)C(=O)O. The van der Waals surface area contributed by atoms with E-state index in [9.17, 15) is 24.3 Å². The largest absolute Gasteiger partial charge is 0.514 e. The Morgan fingerprint density at radius 3 is 1.79 bits per heavy atom. The molecule has 0 heterocycles. The lowest BCUT2D eigenvalue weighted by Crippen LogP contribution is -2.60. The van der Waals surface area contributed by atoms with Gasteiger partial charge in [0.15, 0.2) is 11.5 Å². The molecule has 2 N–H and O–H groups in total. The number of aliphatic carboxylic acids is 1. The van der Waals surface area contributed by atoms with Gasteiger partial charge in [-0.25, -0.2) is 14.4 Å². The number of carboxylic acids is 1. The summed E-state index contributed by atoms with van der Waals surface area (Å²) in [4.78, 5) is 50.0. The molecule has 0 bridgehead atoms. The summed E-state index contributed by atoms with van der Waals surface area (Å²) in [5.41, 5.74) is -2.80. The minimum absolute atomic E-state index is 0.143. The van der Waals surface area contributed by atoms with Crippen molar-refractivity contribution in [2.75, 3.05) is 0 Å². The van der Waals surface area contributed by atoms with E-state index in [0.29, 0.717) is 24.8 Å². The van der Waals surface area contributed by atoms with Crippen LogP contribution < -0.4 is 14.8 Å². The Morgan fingerprint density at radius 1 is 0.846 bits per heavy atom. The predicted molar refractivity (Wildman–Crippen MR) is 143 cm³/mol. The highest BCUT2D eigenvalue weighted by Gasteiger charge is 2.46. The third-order valence-electron chi connectivity index (χ3n) is 5.91. The topological polar surface area (TPSA) is 147 Å². The minimum atomic E-state index is -2.13. The molecule has 0 saturated carbocycles. The van der Waals surface area contributed by atoms with Crippen molar-refractivity contribution in [1.29, 1.82) is 0 Å². The Kier molecular flexibility index (Phi) is 12.7. The Bertz CT molecular complexity index is 1000. The minimum Gasteiger partial charge on any atom is -0.477 e. The summed E-state index contributed by atoms with van der Waals surface area (Å²) in [5, 5.41) is 13.2. The highest BCUT2D eigenvalue weighted by molar-refractivity contribution is 5.84. The first-order valence-corrected chi connectivity index (χ1v) is 13.2. The van der Waals surface area contributed by atoms with Gasteiger partial charge in [-0.3, -0.25) is 10.1 Å². The van der Waals surface area contributed by atoms with E-state index in [0.717, 1.165) is 0 Å². The fourth-order valence-electron chi connectivity index (χ4n) is 2.95. The highest BCUT2D eigenvalue weighted by Crippen LogP contribution is 2.32. The van der Waals surface area contributed by atoms with Crippen LogP contribution in [0.3, 0.4) is 0 Å². The Hall–Kier alpha value is -3.34. The first kappa shape index (κ1) is 33.7. The molecule has 1 rings (SSSR count). The van der Waals surface area contributed by atoms with Gasteiger partial charge in [-0.1, -0.05) is 26.8 Å². The first-order chi connectivity index (χ1) is 18.1. The molecule has 0 spiro atoms. The van der Waals surface area contributed by atoms with E-state index in [1.165, 1.54) is 18.2 Å². The fraction of sp³-hybridized carbons (Fsp3) is 0.643. The second-order valence-corrected chi connectivity index (χ2v) is 10.6. The zero-order chi connectivity index (χ0) is 30.0. The third-order valence-corrected chi connectivity index (χ3v) is 5.91. The summed E-state index contributed by atoms with van der Waals surface area (Å²) < 4.78 is 26.5. The fourth-order valence-corrected chi connectivity index (χ4v) is 2.95. The quantitative estimate of drug-likeness (QED) is 0.136. The van der Waals surface area contributed by atoms with E-state index < -0.39 is 47.6 Å². The van der Waals surface area contributed by atoms with E-state index in [4.69, 9.17) is 23.7 Å². The van der Waals surface area contributed by atoms with Crippen LogP contribution in [0.2, 0.25) is 0 Å². The van der Waals surface area contributed by atoms with Crippen molar-refractivity contribution in [3.63, 3.8) is 0 Å². The van der Waals surface area contributed by atoms with Gasteiger partial charge in [0.2, 0.25) is 0 Å². The van der Waals surface area contributed by atoms with Gasteiger partial charge in [0, 0.05) is 12.5 Å². The van der Waals surface area contributed by atoms with Crippen molar-refractivity contribution in [3.8, 4) is 11.5 Å². The monoisotopic (exact) mass is 553 g/mol. The molecule has 0 amide bonds. The van der Waals surface area contributed by atoms with Crippen molar-refractivity contribution in [2.24, 2.45) is 5.41 Å². The van der Waals surface area contributed by atoms with Crippen molar-refractivity contribution in [1.82, 2.24) is 5.32 Å². The van der Waals surface area contributed by atoms with Crippen LogP contribution in [0, 0.1) is 5.41 Å². The van der Waals surface area contributed by atoms with Crippen LogP contribution in [0.15, 0.2) is 18.2 Å². The maximum absolute atomic E-state index is 12.8. The number of nitrogens with one attached hydrogen (secondary N) is 1. The van der Waals surface area contributed by atoms with E-state index in [1.54, 1.807) is 41.5 Å². The standard InChI is InChI=1S/C28H43NO10/c1-10-17(4)29-28(23(30)31,39-24(32)27(7,8)9)16-20-13-14-21(37-25(33)35-18(5)11-2)22(15-20)38-26(34)36-19(6)12-3/h13-15,17-19,29H,10-12,16H2,1-9H3,(H,30,31)/t17?,18?,19?,28-/m0/s1. The van der Waals surface area contributed by atoms with Gasteiger partial charge in [0.1, 0.15) is 12.2 Å². The number of rotatable bonds is 13. The molecule has 220 valence electrons. The van der Waals surface area contributed by atoms with E-state index in [2.05, 4.69) is 5.32 Å². The van der Waals surface area contributed by atoms with Gasteiger partial charge in [-0.2, -0.15) is 0 Å². The second-order valence-electron chi connectivity index (χ2n) is 10.6. The number of hydrogen-bond donors (Lipinski definition) is 2. The van der Waals surface area contributed by atoms with E-state index in [-0.39, 0.29) is 24.0 Å². The number of benzene rings is 1. The molecule has 0 aliphatic rings. The second kappa shape index (κ2) is 14.7. The van der Waals surface area contributed by atoms with Crippen LogP contribution in [0.25, 0.3) is 0 Å². The number of carboxylic acid groups (broad SMARTS) is 1. The Labute approximate surface area is 230 Å². The average molecular weight is 554 g/mol. The lowest BCUT2D eigenvalue weighted by molar-refractivity contribution is -0.190. The van der Waals surface area contributed by atoms with Crippen molar-refractivity contribution < 1.29 is 48.0 Å². The zero-order valence-corrected chi connectivity index (χ0v) is 24.4. The molecule has 11 nitrogen and oxygen atoms in total. The number of carbonyl (C=O) groups excluding carboxylic acids is 3. The number of esters is 1. The molecule has 1 aromatic rings. The highest BCUT2D eigenvalue weighted by atomic mass is 16.7. The van der Waals surface area contributed by atoms with Gasteiger partial charge in [0.05, 0.1) is 5.41 Å². The van der Waals surface area contributed by atoms with Crippen LogP contribution in [-0.2, 0) is 30.2 Å². The Balaban J connectivity index is 3.50. The predicted octanol–water partition coefficient (Wildman–Crippen LogP) is 5.62. The smallest absolute Gasteiger partial charge is 0.477 e.